The highest BCUT2D eigenvalue weighted by Crippen LogP contribution is 2.30. The summed E-state index contributed by atoms with van der Waals surface area (Å²) in [5.74, 6) is 0. The van der Waals surface area contributed by atoms with Crippen LogP contribution in [-0.2, 0) is 6.42 Å². The number of aryl methyl sites for hydroxylation is 2. The van der Waals surface area contributed by atoms with Gasteiger partial charge in [0.15, 0.2) is 0 Å². The molecule has 0 aliphatic rings. The van der Waals surface area contributed by atoms with Gasteiger partial charge in [0.2, 0.25) is 0 Å². The van der Waals surface area contributed by atoms with E-state index < -0.39 is 0 Å². The van der Waals surface area contributed by atoms with Crippen molar-refractivity contribution in [1.29, 1.82) is 0 Å². The molecule has 3 heteroatoms. The molecule has 0 aromatic heterocycles. The van der Waals surface area contributed by atoms with Crippen LogP contribution >= 0.6 is 11.6 Å². The van der Waals surface area contributed by atoms with Gasteiger partial charge in [-0.3, -0.25) is 0 Å². The minimum Gasteiger partial charge on any atom is -0.344 e. The molecule has 0 saturated heterocycles. The Balaban J connectivity index is 2.31. The van der Waals surface area contributed by atoms with Crippen molar-refractivity contribution < 1.29 is 0 Å². The van der Waals surface area contributed by atoms with Gasteiger partial charge in [0.05, 0.1) is 0 Å². The number of benzene rings is 2. The summed E-state index contributed by atoms with van der Waals surface area (Å²) in [5.41, 5.74) is 11.8. The molecule has 0 amide bonds. The normalized spacial score (nSPS) is 12.3. The summed E-state index contributed by atoms with van der Waals surface area (Å²) in [5, 5.41) is 0.779. The molecule has 112 valence electrons. The van der Waals surface area contributed by atoms with Crippen LogP contribution in [0, 0.1) is 13.8 Å². The fourth-order valence-corrected chi connectivity index (χ4v) is 2.83. The van der Waals surface area contributed by atoms with E-state index in [1.807, 2.05) is 13.0 Å². The van der Waals surface area contributed by atoms with Crippen LogP contribution in [0.3, 0.4) is 0 Å². The van der Waals surface area contributed by atoms with Gasteiger partial charge in [-0.2, -0.15) is 0 Å². The van der Waals surface area contributed by atoms with E-state index in [0.717, 1.165) is 22.7 Å². The maximum Gasteiger partial charge on any atom is 0.0459 e. The van der Waals surface area contributed by atoms with Crippen molar-refractivity contribution in [2.24, 2.45) is 5.73 Å². The van der Waals surface area contributed by atoms with Crippen LogP contribution < -0.4 is 10.6 Å². The summed E-state index contributed by atoms with van der Waals surface area (Å²) in [6.07, 6.45) is 0.798. The molecule has 2 nitrogen and oxygen atoms in total. The van der Waals surface area contributed by atoms with E-state index in [2.05, 4.69) is 56.1 Å². The lowest BCUT2D eigenvalue weighted by Crippen LogP contribution is -2.18. The van der Waals surface area contributed by atoms with E-state index in [-0.39, 0.29) is 6.04 Å². The zero-order chi connectivity index (χ0) is 15.6. The van der Waals surface area contributed by atoms with E-state index in [0.29, 0.717) is 0 Å². The molecule has 2 aromatic rings. The predicted molar refractivity (Wildman–Crippen MR) is 92.8 cm³/mol. The molecule has 0 heterocycles. The molecule has 2 rings (SSSR count). The van der Waals surface area contributed by atoms with Crippen molar-refractivity contribution in [3.63, 3.8) is 0 Å². The quantitative estimate of drug-likeness (QED) is 0.893. The minimum absolute atomic E-state index is 0.116. The SMILES string of the molecule is Cc1ccc(N(C)c2ccc(CC(C)N)c(Cl)c2)c(C)c1. The molecule has 1 unspecified atom stereocenters. The zero-order valence-electron chi connectivity index (χ0n) is 13.2. The van der Waals surface area contributed by atoms with Crippen molar-refractivity contribution in [1.82, 2.24) is 0 Å². The molecule has 0 aliphatic carbocycles. The molecule has 0 spiro atoms. The Morgan fingerprint density at radius 1 is 1.14 bits per heavy atom. The van der Waals surface area contributed by atoms with Gasteiger partial charge < -0.3 is 10.6 Å². The lowest BCUT2D eigenvalue weighted by atomic mass is 10.1. The molecule has 2 aromatic carbocycles. The van der Waals surface area contributed by atoms with Crippen LogP contribution in [-0.4, -0.2) is 13.1 Å². The first kappa shape index (κ1) is 15.9. The molecule has 0 saturated carbocycles. The fraction of sp³-hybridized carbons (Fsp3) is 0.333. The molecule has 0 bridgehead atoms. The molecule has 0 radical (unpaired) electrons. The second-order valence-electron chi connectivity index (χ2n) is 5.81. The fourth-order valence-electron chi connectivity index (χ4n) is 2.58. The highest BCUT2D eigenvalue weighted by atomic mass is 35.5. The molecule has 0 fully saturated rings. The number of halogens is 1. The first-order valence-corrected chi connectivity index (χ1v) is 7.61. The molecule has 0 aliphatic heterocycles. The molecular formula is C18H23ClN2. The van der Waals surface area contributed by atoms with Crippen LogP contribution in [0.5, 0.6) is 0 Å². The Bertz CT molecular complexity index is 635. The van der Waals surface area contributed by atoms with Gasteiger partial charge in [-0.1, -0.05) is 35.4 Å². The van der Waals surface area contributed by atoms with Crippen LogP contribution in [0.2, 0.25) is 5.02 Å². The molecule has 21 heavy (non-hydrogen) atoms. The van der Waals surface area contributed by atoms with Crippen LogP contribution in [0.1, 0.15) is 23.6 Å². The van der Waals surface area contributed by atoms with Gasteiger partial charge >= 0.3 is 0 Å². The third-order valence-electron chi connectivity index (χ3n) is 3.68. The first-order valence-electron chi connectivity index (χ1n) is 7.23. The number of hydrogen-bond donors (Lipinski definition) is 1. The Kier molecular flexibility index (Phi) is 4.92. The smallest absolute Gasteiger partial charge is 0.0459 e. The molecular weight excluding hydrogens is 280 g/mol. The maximum absolute atomic E-state index is 6.39. The monoisotopic (exact) mass is 302 g/mol. The van der Waals surface area contributed by atoms with Gasteiger partial charge in [-0.15, -0.1) is 0 Å². The summed E-state index contributed by atoms with van der Waals surface area (Å²) < 4.78 is 0. The third-order valence-corrected chi connectivity index (χ3v) is 4.03. The van der Waals surface area contributed by atoms with Crippen molar-refractivity contribution >= 4 is 23.0 Å². The number of anilines is 2. The largest absolute Gasteiger partial charge is 0.344 e. The lowest BCUT2D eigenvalue weighted by molar-refractivity contribution is 0.738. The second kappa shape index (κ2) is 6.50. The number of rotatable bonds is 4. The van der Waals surface area contributed by atoms with Crippen LogP contribution in [0.15, 0.2) is 36.4 Å². The Morgan fingerprint density at radius 3 is 2.43 bits per heavy atom. The van der Waals surface area contributed by atoms with Crippen LogP contribution in [0.25, 0.3) is 0 Å². The lowest BCUT2D eigenvalue weighted by Gasteiger charge is -2.23. The van der Waals surface area contributed by atoms with E-state index in [9.17, 15) is 0 Å². The van der Waals surface area contributed by atoms with Crippen molar-refractivity contribution in [3.8, 4) is 0 Å². The topological polar surface area (TPSA) is 29.3 Å². The standard InChI is InChI=1S/C18H23ClN2/c1-12-5-8-18(13(2)9-12)21(4)16-7-6-15(10-14(3)20)17(19)11-16/h5-9,11,14H,10,20H2,1-4H3. The zero-order valence-corrected chi connectivity index (χ0v) is 13.9. The average Bonchev–Trinajstić information content (AvgIpc) is 2.40. The van der Waals surface area contributed by atoms with Crippen LogP contribution in [0.4, 0.5) is 11.4 Å². The Labute approximate surface area is 132 Å². The summed E-state index contributed by atoms with van der Waals surface area (Å²) >= 11 is 6.39. The van der Waals surface area contributed by atoms with Crippen molar-refractivity contribution in [2.45, 2.75) is 33.2 Å². The minimum atomic E-state index is 0.116. The van der Waals surface area contributed by atoms with E-state index in [1.54, 1.807) is 0 Å². The van der Waals surface area contributed by atoms with Crippen molar-refractivity contribution in [2.75, 3.05) is 11.9 Å². The highest BCUT2D eigenvalue weighted by molar-refractivity contribution is 6.31. The van der Waals surface area contributed by atoms with Gasteiger partial charge in [-0.25, -0.2) is 0 Å². The average molecular weight is 303 g/mol. The Morgan fingerprint density at radius 2 is 1.86 bits per heavy atom. The predicted octanol–water partition coefficient (Wildman–Crippen LogP) is 4.61. The highest BCUT2D eigenvalue weighted by Gasteiger charge is 2.10. The summed E-state index contributed by atoms with van der Waals surface area (Å²) in [7, 11) is 2.06. The van der Waals surface area contributed by atoms with Gasteiger partial charge in [0.25, 0.3) is 0 Å². The van der Waals surface area contributed by atoms with E-state index >= 15 is 0 Å². The van der Waals surface area contributed by atoms with E-state index in [4.69, 9.17) is 17.3 Å². The third kappa shape index (κ3) is 3.78. The number of nitrogens with zero attached hydrogens (tertiary/aromatic N) is 1. The molecule has 1 atom stereocenters. The summed E-state index contributed by atoms with van der Waals surface area (Å²) in [6.45, 7) is 6.23. The second-order valence-corrected chi connectivity index (χ2v) is 6.21. The van der Waals surface area contributed by atoms with Gasteiger partial charge in [0.1, 0.15) is 0 Å². The van der Waals surface area contributed by atoms with Gasteiger partial charge in [0, 0.05) is 29.5 Å². The number of hydrogen-bond acceptors (Lipinski definition) is 2. The van der Waals surface area contributed by atoms with E-state index in [1.165, 1.54) is 16.8 Å². The number of nitrogens with two attached hydrogens (primary N) is 1. The molecule has 2 N–H and O–H groups in total. The van der Waals surface area contributed by atoms with Crippen molar-refractivity contribution in [3.05, 3.63) is 58.1 Å². The maximum atomic E-state index is 6.39. The Hall–Kier alpha value is -1.51. The van der Waals surface area contributed by atoms with Gasteiger partial charge in [-0.05, 0) is 56.5 Å². The summed E-state index contributed by atoms with van der Waals surface area (Å²) in [6, 6.07) is 12.8. The first-order chi connectivity index (χ1) is 9.88. The summed E-state index contributed by atoms with van der Waals surface area (Å²) in [4.78, 5) is 2.16.